The number of anilines is 1. The Labute approximate surface area is 145 Å². The Morgan fingerprint density at radius 1 is 1.29 bits per heavy atom. The Morgan fingerprint density at radius 3 is 2.67 bits per heavy atom. The van der Waals surface area contributed by atoms with E-state index < -0.39 is 16.1 Å². The largest absolute Gasteiger partial charge is 0.325 e. The average molecular weight is 365 g/mol. The van der Waals surface area contributed by atoms with E-state index in [1.54, 1.807) is 17.5 Å². The van der Waals surface area contributed by atoms with Crippen LogP contribution in [0.3, 0.4) is 0 Å². The highest BCUT2D eigenvalue weighted by Crippen LogP contribution is 2.25. The maximum Gasteiger partial charge on any atom is 0.242 e. The van der Waals surface area contributed by atoms with Crippen LogP contribution in [0.4, 0.5) is 5.69 Å². The second-order valence-corrected chi connectivity index (χ2v) is 8.62. The minimum atomic E-state index is -3.38. The number of piperidine rings is 1. The second kappa shape index (κ2) is 7.00. The van der Waals surface area contributed by atoms with Crippen LogP contribution in [0.5, 0.6) is 0 Å². The number of nitrogens with one attached hydrogen (secondary N) is 1. The zero-order chi connectivity index (χ0) is 17.2. The molecule has 0 spiro atoms. The van der Waals surface area contributed by atoms with Crippen molar-refractivity contribution in [2.75, 3.05) is 18.1 Å². The molecule has 0 saturated carbocycles. The number of hydrogen-bond acceptors (Lipinski definition) is 5. The third kappa shape index (κ3) is 3.82. The van der Waals surface area contributed by atoms with Crippen LogP contribution in [0.2, 0.25) is 0 Å². The number of thiazole rings is 1. The van der Waals surface area contributed by atoms with E-state index in [0.29, 0.717) is 18.7 Å². The molecule has 0 aliphatic carbocycles. The summed E-state index contributed by atoms with van der Waals surface area (Å²) in [6, 6.07) is 6.77. The molecule has 2 heterocycles. The van der Waals surface area contributed by atoms with Crippen LogP contribution in [-0.2, 0) is 14.8 Å². The van der Waals surface area contributed by atoms with Gasteiger partial charge in [-0.3, -0.25) is 4.79 Å². The van der Waals surface area contributed by atoms with E-state index in [0.717, 1.165) is 29.7 Å². The van der Waals surface area contributed by atoms with Crippen molar-refractivity contribution >= 4 is 33.0 Å². The highest BCUT2D eigenvalue weighted by molar-refractivity contribution is 7.88. The molecule has 1 unspecified atom stereocenters. The number of hydrogen-bond donors (Lipinski definition) is 1. The van der Waals surface area contributed by atoms with Crippen molar-refractivity contribution in [1.82, 2.24) is 9.29 Å². The van der Waals surface area contributed by atoms with Gasteiger partial charge in [-0.15, -0.1) is 11.3 Å². The number of nitrogens with zero attached hydrogens (tertiary/aromatic N) is 2. The van der Waals surface area contributed by atoms with Crippen LogP contribution in [0.1, 0.15) is 19.3 Å². The molecule has 128 valence electrons. The number of rotatable bonds is 4. The van der Waals surface area contributed by atoms with Crippen molar-refractivity contribution in [2.45, 2.75) is 25.3 Å². The molecule has 6 nitrogen and oxygen atoms in total. The third-order valence-electron chi connectivity index (χ3n) is 4.01. The number of sulfonamides is 1. The summed E-state index contributed by atoms with van der Waals surface area (Å²) in [7, 11) is -3.38. The first-order valence-corrected chi connectivity index (χ1v) is 10.5. The predicted molar refractivity (Wildman–Crippen MR) is 95.4 cm³/mol. The zero-order valence-corrected chi connectivity index (χ0v) is 14.9. The minimum absolute atomic E-state index is 0.276. The van der Waals surface area contributed by atoms with Gasteiger partial charge in [0.25, 0.3) is 0 Å². The summed E-state index contributed by atoms with van der Waals surface area (Å²) in [4.78, 5) is 16.8. The molecule has 1 amide bonds. The van der Waals surface area contributed by atoms with Crippen LogP contribution in [-0.4, -0.2) is 42.5 Å². The smallest absolute Gasteiger partial charge is 0.242 e. The van der Waals surface area contributed by atoms with Crippen molar-refractivity contribution in [3.05, 3.63) is 35.8 Å². The van der Waals surface area contributed by atoms with E-state index in [-0.39, 0.29) is 5.91 Å². The first-order valence-electron chi connectivity index (χ1n) is 7.73. The first-order chi connectivity index (χ1) is 11.4. The maximum absolute atomic E-state index is 12.5. The molecule has 2 aromatic rings. The van der Waals surface area contributed by atoms with E-state index in [2.05, 4.69) is 10.3 Å². The van der Waals surface area contributed by atoms with Gasteiger partial charge in [0.2, 0.25) is 15.9 Å². The lowest BCUT2D eigenvalue weighted by Gasteiger charge is -2.32. The fraction of sp³-hybridized carbons (Fsp3) is 0.375. The molecule has 1 aliphatic heterocycles. The maximum atomic E-state index is 12.5. The van der Waals surface area contributed by atoms with Gasteiger partial charge in [-0.1, -0.05) is 6.42 Å². The molecule has 0 radical (unpaired) electrons. The number of carbonyl (C=O) groups excluding carboxylic acids is 1. The molecule has 24 heavy (non-hydrogen) atoms. The Morgan fingerprint density at radius 2 is 2.04 bits per heavy atom. The summed E-state index contributed by atoms with van der Waals surface area (Å²) in [5, 5.41) is 5.65. The van der Waals surface area contributed by atoms with Gasteiger partial charge in [-0.2, -0.15) is 4.31 Å². The summed E-state index contributed by atoms with van der Waals surface area (Å²) in [6.45, 7) is 0.403. The van der Waals surface area contributed by atoms with Gasteiger partial charge in [0, 0.05) is 29.4 Å². The van der Waals surface area contributed by atoms with Gasteiger partial charge in [-0.25, -0.2) is 13.4 Å². The quantitative estimate of drug-likeness (QED) is 0.903. The summed E-state index contributed by atoms with van der Waals surface area (Å²) >= 11 is 1.55. The molecule has 8 heteroatoms. The molecule has 3 rings (SSSR count). The third-order valence-corrected chi connectivity index (χ3v) is 6.13. The molecular weight excluding hydrogens is 346 g/mol. The van der Waals surface area contributed by atoms with E-state index >= 15 is 0 Å². The second-order valence-electron chi connectivity index (χ2n) is 5.79. The van der Waals surface area contributed by atoms with Gasteiger partial charge >= 0.3 is 0 Å². The van der Waals surface area contributed by atoms with Crippen LogP contribution in [0.25, 0.3) is 10.6 Å². The van der Waals surface area contributed by atoms with Crippen LogP contribution < -0.4 is 5.32 Å². The van der Waals surface area contributed by atoms with E-state index in [4.69, 9.17) is 0 Å². The van der Waals surface area contributed by atoms with Gasteiger partial charge in [0.1, 0.15) is 11.0 Å². The standard InChI is InChI=1S/C16H19N3O3S2/c1-24(21,22)19-10-3-2-4-14(19)15(20)18-13-7-5-12(6-8-13)16-17-9-11-23-16/h5-9,11,14H,2-4,10H2,1H3,(H,18,20). The summed E-state index contributed by atoms with van der Waals surface area (Å²) in [5.74, 6) is -0.276. The van der Waals surface area contributed by atoms with Crippen LogP contribution in [0.15, 0.2) is 35.8 Å². The zero-order valence-electron chi connectivity index (χ0n) is 13.3. The van der Waals surface area contributed by atoms with Crippen molar-refractivity contribution in [1.29, 1.82) is 0 Å². The van der Waals surface area contributed by atoms with Gasteiger partial charge < -0.3 is 5.32 Å². The van der Waals surface area contributed by atoms with Gasteiger partial charge in [0.15, 0.2) is 0 Å². The molecule has 1 N–H and O–H groups in total. The normalized spacial score (nSPS) is 19.1. The van der Waals surface area contributed by atoms with Crippen molar-refractivity contribution in [3.63, 3.8) is 0 Å². The summed E-state index contributed by atoms with van der Waals surface area (Å²) in [6.07, 6.45) is 5.10. The van der Waals surface area contributed by atoms with E-state index in [1.165, 1.54) is 4.31 Å². The predicted octanol–water partition coefficient (Wildman–Crippen LogP) is 2.56. The van der Waals surface area contributed by atoms with Crippen molar-refractivity contribution in [2.24, 2.45) is 0 Å². The van der Waals surface area contributed by atoms with Crippen molar-refractivity contribution < 1.29 is 13.2 Å². The Balaban J connectivity index is 1.72. The molecule has 1 atom stereocenters. The SMILES string of the molecule is CS(=O)(=O)N1CCCCC1C(=O)Nc1ccc(-c2nccs2)cc1. The monoisotopic (exact) mass is 365 g/mol. The summed E-state index contributed by atoms with van der Waals surface area (Å²) < 4.78 is 25.0. The first kappa shape index (κ1) is 17.1. The molecular formula is C16H19N3O3S2. The lowest BCUT2D eigenvalue weighted by atomic mass is 10.0. The molecule has 1 fully saturated rings. The molecule has 1 aliphatic rings. The summed E-state index contributed by atoms with van der Waals surface area (Å²) in [5.41, 5.74) is 1.64. The fourth-order valence-corrected chi connectivity index (χ4v) is 4.62. The van der Waals surface area contributed by atoms with Crippen LogP contribution >= 0.6 is 11.3 Å². The molecule has 0 bridgehead atoms. The number of carbonyl (C=O) groups is 1. The fourth-order valence-electron chi connectivity index (χ4n) is 2.85. The van der Waals surface area contributed by atoms with Crippen molar-refractivity contribution in [3.8, 4) is 10.6 Å². The number of benzene rings is 1. The lowest BCUT2D eigenvalue weighted by molar-refractivity contribution is -0.120. The lowest BCUT2D eigenvalue weighted by Crippen LogP contribution is -2.49. The molecule has 1 saturated heterocycles. The van der Waals surface area contributed by atoms with Crippen LogP contribution in [0, 0.1) is 0 Å². The number of aromatic nitrogens is 1. The topological polar surface area (TPSA) is 79.4 Å². The minimum Gasteiger partial charge on any atom is -0.325 e. The van der Waals surface area contributed by atoms with Gasteiger partial charge in [0.05, 0.1) is 6.26 Å². The Kier molecular flexibility index (Phi) is 4.98. The van der Waals surface area contributed by atoms with E-state index in [9.17, 15) is 13.2 Å². The highest BCUT2D eigenvalue weighted by Gasteiger charge is 2.34. The number of amides is 1. The van der Waals surface area contributed by atoms with E-state index in [1.807, 2.05) is 29.6 Å². The molecule has 1 aromatic carbocycles. The Bertz CT molecular complexity index is 802. The average Bonchev–Trinajstić information content (AvgIpc) is 3.09. The molecule has 1 aromatic heterocycles. The Hall–Kier alpha value is -1.77. The van der Waals surface area contributed by atoms with Gasteiger partial charge in [-0.05, 0) is 37.1 Å². The highest BCUT2D eigenvalue weighted by atomic mass is 32.2.